The first-order valence-electron chi connectivity index (χ1n) is 7.56. The summed E-state index contributed by atoms with van der Waals surface area (Å²) in [6.07, 6.45) is 0. The van der Waals surface area contributed by atoms with Gasteiger partial charge in [-0.1, -0.05) is 42.5 Å². The van der Waals surface area contributed by atoms with Crippen molar-refractivity contribution in [2.75, 3.05) is 0 Å². The van der Waals surface area contributed by atoms with Crippen LogP contribution in [-0.4, -0.2) is 14.7 Å². The fraction of sp³-hybridized carbons (Fsp3) is 0.0500. The molecular formula is C20H16N2O. The highest BCUT2D eigenvalue weighted by atomic mass is 16.3. The third-order valence-electron chi connectivity index (χ3n) is 3.93. The summed E-state index contributed by atoms with van der Waals surface area (Å²) in [7, 11) is 0. The number of hydrogen-bond acceptors (Lipinski definition) is 2. The van der Waals surface area contributed by atoms with Crippen LogP contribution in [-0.2, 0) is 0 Å². The van der Waals surface area contributed by atoms with E-state index in [2.05, 4.69) is 29.7 Å². The average Bonchev–Trinajstić information content (AvgIpc) is 2.94. The monoisotopic (exact) mass is 300 g/mol. The van der Waals surface area contributed by atoms with E-state index >= 15 is 0 Å². The van der Waals surface area contributed by atoms with E-state index in [1.807, 2.05) is 42.5 Å². The lowest BCUT2D eigenvalue weighted by Crippen LogP contribution is -1.97. The molecule has 3 nitrogen and oxygen atoms in total. The molecule has 1 aromatic heterocycles. The fourth-order valence-corrected chi connectivity index (χ4v) is 2.87. The van der Waals surface area contributed by atoms with Gasteiger partial charge >= 0.3 is 0 Å². The summed E-state index contributed by atoms with van der Waals surface area (Å²) in [6.45, 7) is 2.07. The number of phenols is 1. The molecule has 0 bridgehead atoms. The van der Waals surface area contributed by atoms with Crippen molar-refractivity contribution in [3.05, 3.63) is 78.4 Å². The molecule has 112 valence electrons. The Kier molecular flexibility index (Phi) is 3.12. The molecule has 3 aromatic carbocycles. The van der Waals surface area contributed by atoms with Gasteiger partial charge in [0.2, 0.25) is 0 Å². The van der Waals surface area contributed by atoms with Gasteiger partial charge in [-0.05, 0) is 36.8 Å². The Morgan fingerprint density at radius 2 is 1.70 bits per heavy atom. The van der Waals surface area contributed by atoms with Crippen LogP contribution in [0.2, 0.25) is 0 Å². The van der Waals surface area contributed by atoms with Gasteiger partial charge in [-0.3, -0.25) is 4.57 Å². The second-order valence-electron chi connectivity index (χ2n) is 5.65. The topological polar surface area (TPSA) is 38.0 Å². The minimum Gasteiger partial charge on any atom is -0.508 e. The predicted molar refractivity (Wildman–Crippen MR) is 92.9 cm³/mol. The van der Waals surface area contributed by atoms with Crippen molar-refractivity contribution in [1.82, 2.24) is 9.55 Å². The quantitative estimate of drug-likeness (QED) is 0.582. The predicted octanol–water partition coefficient (Wildman–Crippen LogP) is 4.71. The summed E-state index contributed by atoms with van der Waals surface area (Å²) >= 11 is 0. The highest BCUT2D eigenvalue weighted by molar-refractivity contribution is 5.84. The first kappa shape index (κ1) is 13.6. The molecule has 4 aromatic rings. The molecule has 0 atom stereocenters. The fourth-order valence-electron chi connectivity index (χ4n) is 2.87. The zero-order valence-corrected chi connectivity index (χ0v) is 12.8. The molecule has 23 heavy (non-hydrogen) atoms. The van der Waals surface area contributed by atoms with Crippen molar-refractivity contribution in [1.29, 1.82) is 0 Å². The molecule has 0 spiro atoms. The molecule has 3 heteroatoms. The molecule has 0 fully saturated rings. The summed E-state index contributed by atoms with van der Waals surface area (Å²) in [5.74, 6) is 1.11. The molecular weight excluding hydrogens is 284 g/mol. The minimum absolute atomic E-state index is 0.242. The van der Waals surface area contributed by atoms with E-state index in [0.29, 0.717) is 0 Å². The van der Waals surface area contributed by atoms with E-state index in [0.717, 1.165) is 28.1 Å². The SMILES string of the molecule is Cc1cccc(-n2c(-c3ccccc3)nc3ccc(O)cc32)c1. The Bertz CT molecular complexity index is 987. The van der Waals surface area contributed by atoms with Crippen molar-refractivity contribution >= 4 is 11.0 Å². The van der Waals surface area contributed by atoms with Crippen LogP contribution in [0.4, 0.5) is 0 Å². The number of benzene rings is 3. The van der Waals surface area contributed by atoms with Gasteiger partial charge in [0, 0.05) is 17.3 Å². The van der Waals surface area contributed by atoms with Crippen molar-refractivity contribution in [2.45, 2.75) is 6.92 Å². The Morgan fingerprint density at radius 3 is 2.48 bits per heavy atom. The molecule has 1 N–H and O–H groups in total. The minimum atomic E-state index is 0.242. The molecule has 1 heterocycles. The van der Waals surface area contributed by atoms with E-state index in [1.54, 1.807) is 12.1 Å². The van der Waals surface area contributed by atoms with Gasteiger partial charge in [-0.2, -0.15) is 0 Å². The maximum absolute atomic E-state index is 9.89. The van der Waals surface area contributed by atoms with Crippen LogP contribution in [0.5, 0.6) is 5.75 Å². The van der Waals surface area contributed by atoms with Gasteiger partial charge < -0.3 is 5.11 Å². The Balaban J connectivity index is 2.08. The van der Waals surface area contributed by atoms with Crippen molar-refractivity contribution in [3.63, 3.8) is 0 Å². The zero-order valence-electron chi connectivity index (χ0n) is 12.8. The highest BCUT2D eigenvalue weighted by Gasteiger charge is 2.14. The van der Waals surface area contributed by atoms with E-state index < -0.39 is 0 Å². The van der Waals surface area contributed by atoms with Crippen molar-refractivity contribution in [2.24, 2.45) is 0 Å². The number of aromatic nitrogens is 2. The van der Waals surface area contributed by atoms with Crippen LogP contribution >= 0.6 is 0 Å². The third-order valence-corrected chi connectivity index (χ3v) is 3.93. The van der Waals surface area contributed by atoms with E-state index in [9.17, 15) is 5.11 Å². The molecule has 4 rings (SSSR count). The number of phenolic OH excluding ortho intramolecular Hbond substituents is 1. The van der Waals surface area contributed by atoms with Crippen molar-refractivity contribution < 1.29 is 5.11 Å². The number of hydrogen-bond donors (Lipinski definition) is 1. The lowest BCUT2D eigenvalue weighted by Gasteiger charge is -2.10. The summed E-state index contributed by atoms with van der Waals surface area (Å²) < 4.78 is 2.09. The van der Waals surface area contributed by atoms with Crippen LogP contribution in [0.15, 0.2) is 72.8 Å². The standard InChI is InChI=1S/C20H16N2O/c1-14-6-5-9-16(12-14)22-19-13-17(23)10-11-18(19)21-20(22)15-7-3-2-4-8-15/h2-13,23H,1H3. The summed E-state index contributed by atoms with van der Waals surface area (Å²) in [4.78, 5) is 4.78. The molecule has 0 saturated heterocycles. The molecule has 0 radical (unpaired) electrons. The largest absolute Gasteiger partial charge is 0.508 e. The maximum Gasteiger partial charge on any atom is 0.145 e. The third kappa shape index (κ3) is 2.36. The van der Waals surface area contributed by atoms with Gasteiger partial charge in [0.15, 0.2) is 0 Å². The van der Waals surface area contributed by atoms with E-state index in [4.69, 9.17) is 4.98 Å². The zero-order chi connectivity index (χ0) is 15.8. The van der Waals surface area contributed by atoms with Gasteiger partial charge in [0.05, 0.1) is 11.0 Å². The molecule has 0 saturated carbocycles. The van der Waals surface area contributed by atoms with Gasteiger partial charge in [0.1, 0.15) is 11.6 Å². The number of aryl methyl sites for hydroxylation is 1. The molecule has 0 aliphatic heterocycles. The average molecular weight is 300 g/mol. The van der Waals surface area contributed by atoms with Crippen LogP contribution < -0.4 is 0 Å². The summed E-state index contributed by atoms with van der Waals surface area (Å²) in [5, 5.41) is 9.89. The van der Waals surface area contributed by atoms with E-state index in [-0.39, 0.29) is 5.75 Å². The lowest BCUT2D eigenvalue weighted by atomic mass is 10.2. The van der Waals surface area contributed by atoms with Crippen LogP contribution in [0, 0.1) is 6.92 Å². The number of nitrogens with zero attached hydrogens (tertiary/aromatic N) is 2. The van der Waals surface area contributed by atoms with Crippen LogP contribution in [0.25, 0.3) is 28.1 Å². The van der Waals surface area contributed by atoms with Crippen LogP contribution in [0.3, 0.4) is 0 Å². The Labute approximate surface area is 134 Å². The van der Waals surface area contributed by atoms with Crippen molar-refractivity contribution in [3.8, 4) is 22.8 Å². The smallest absolute Gasteiger partial charge is 0.145 e. The Hall–Kier alpha value is -3.07. The normalized spacial score (nSPS) is 11.0. The van der Waals surface area contributed by atoms with Gasteiger partial charge in [0.25, 0.3) is 0 Å². The Morgan fingerprint density at radius 1 is 0.870 bits per heavy atom. The number of fused-ring (bicyclic) bond motifs is 1. The summed E-state index contributed by atoms with van der Waals surface area (Å²) in [5.41, 5.74) is 5.03. The first-order chi connectivity index (χ1) is 11.2. The van der Waals surface area contributed by atoms with Gasteiger partial charge in [-0.25, -0.2) is 4.98 Å². The second-order valence-corrected chi connectivity index (χ2v) is 5.65. The molecule has 0 amide bonds. The molecule has 0 aliphatic rings. The number of rotatable bonds is 2. The summed E-state index contributed by atoms with van der Waals surface area (Å²) in [6, 6.07) is 23.7. The highest BCUT2D eigenvalue weighted by Crippen LogP contribution is 2.30. The number of aromatic hydroxyl groups is 1. The first-order valence-corrected chi connectivity index (χ1v) is 7.56. The second kappa shape index (κ2) is 5.29. The van der Waals surface area contributed by atoms with Gasteiger partial charge in [-0.15, -0.1) is 0 Å². The molecule has 0 aliphatic carbocycles. The number of imidazole rings is 1. The lowest BCUT2D eigenvalue weighted by molar-refractivity contribution is 0.476. The maximum atomic E-state index is 9.89. The molecule has 0 unspecified atom stereocenters. The van der Waals surface area contributed by atoms with Crippen LogP contribution in [0.1, 0.15) is 5.56 Å². The van der Waals surface area contributed by atoms with E-state index in [1.165, 1.54) is 5.56 Å².